The summed E-state index contributed by atoms with van der Waals surface area (Å²) >= 11 is 0. The van der Waals surface area contributed by atoms with Crippen LogP contribution in [0, 0.1) is 0 Å². The number of nitrogens with zero attached hydrogens (tertiary/aromatic N) is 1. The number of aromatic nitrogens is 1. The molecule has 20 heavy (non-hydrogen) atoms. The molecule has 2 rings (SSSR count). The van der Waals surface area contributed by atoms with Crippen molar-refractivity contribution < 1.29 is 9.59 Å². The minimum Gasteiger partial charge on any atom is -0.322 e. The number of benzene rings is 1. The van der Waals surface area contributed by atoms with E-state index in [1.165, 1.54) is 23.8 Å². The van der Waals surface area contributed by atoms with E-state index in [0.717, 1.165) is 0 Å². The fraction of sp³-hybridized carbons (Fsp3) is 0.133. The molecule has 5 heteroatoms. The Morgan fingerprint density at radius 2 is 1.85 bits per heavy atom. The summed E-state index contributed by atoms with van der Waals surface area (Å²) in [5.41, 5.74) is 1.06. The number of rotatable bonds is 3. The van der Waals surface area contributed by atoms with Crippen molar-refractivity contribution in [1.29, 1.82) is 0 Å². The van der Waals surface area contributed by atoms with E-state index in [0.29, 0.717) is 11.3 Å². The van der Waals surface area contributed by atoms with Crippen LogP contribution in [0.3, 0.4) is 0 Å². The molecule has 2 aromatic rings. The van der Waals surface area contributed by atoms with Crippen LogP contribution in [0.2, 0.25) is 0 Å². The molecule has 0 aliphatic heterocycles. The Hall–Kier alpha value is -2.69. The quantitative estimate of drug-likeness (QED) is 0.865. The van der Waals surface area contributed by atoms with Gasteiger partial charge >= 0.3 is 0 Å². The van der Waals surface area contributed by atoms with Crippen molar-refractivity contribution in [2.45, 2.75) is 6.92 Å². The monoisotopic (exact) mass is 270 g/mol. The zero-order chi connectivity index (χ0) is 14.7. The normalized spacial score (nSPS) is 10.1. The van der Waals surface area contributed by atoms with Gasteiger partial charge in [-0.25, -0.2) is 0 Å². The molecule has 1 N–H and O–H groups in total. The van der Waals surface area contributed by atoms with E-state index in [-0.39, 0.29) is 22.8 Å². The number of carbonyl (C=O) groups is 2. The molecule has 0 saturated carbocycles. The summed E-state index contributed by atoms with van der Waals surface area (Å²) in [4.78, 5) is 34.8. The number of aryl methyl sites for hydroxylation is 1. The van der Waals surface area contributed by atoms with Gasteiger partial charge in [0.05, 0.1) is 0 Å². The number of amides is 1. The highest BCUT2D eigenvalue weighted by molar-refractivity contribution is 6.05. The second-order valence-corrected chi connectivity index (χ2v) is 4.46. The number of hydrogen-bond donors (Lipinski definition) is 1. The smallest absolute Gasteiger partial charge is 0.255 e. The van der Waals surface area contributed by atoms with Crippen molar-refractivity contribution in [3.8, 4) is 0 Å². The standard InChI is InChI=1S/C15H14N2O3/c1-10(18)11-4-3-5-13(8-11)16-15(20)12-6-7-17(2)14(19)9-12/h3-9H,1-2H3,(H,16,20). The number of anilines is 1. The van der Waals surface area contributed by atoms with Gasteiger partial charge in [0, 0.05) is 36.1 Å². The fourth-order valence-electron chi connectivity index (χ4n) is 1.71. The summed E-state index contributed by atoms with van der Waals surface area (Å²) in [6, 6.07) is 9.48. The average Bonchev–Trinajstić information content (AvgIpc) is 2.42. The minimum atomic E-state index is -0.386. The number of hydrogen-bond acceptors (Lipinski definition) is 3. The first-order valence-corrected chi connectivity index (χ1v) is 6.06. The highest BCUT2D eigenvalue weighted by Crippen LogP contribution is 2.12. The predicted octanol–water partition coefficient (Wildman–Crippen LogP) is 1.84. The summed E-state index contributed by atoms with van der Waals surface area (Å²) < 4.78 is 1.38. The highest BCUT2D eigenvalue weighted by Gasteiger charge is 2.08. The van der Waals surface area contributed by atoms with Crippen LogP contribution in [0.25, 0.3) is 0 Å². The van der Waals surface area contributed by atoms with Crippen molar-refractivity contribution in [3.63, 3.8) is 0 Å². The van der Waals surface area contributed by atoms with Crippen molar-refractivity contribution in [2.75, 3.05) is 5.32 Å². The number of ketones is 1. The average molecular weight is 270 g/mol. The van der Waals surface area contributed by atoms with Crippen LogP contribution in [-0.2, 0) is 7.05 Å². The van der Waals surface area contributed by atoms with E-state index in [2.05, 4.69) is 5.32 Å². The molecule has 0 saturated heterocycles. The number of nitrogens with one attached hydrogen (secondary N) is 1. The summed E-state index contributed by atoms with van der Waals surface area (Å²) in [7, 11) is 1.61. The van der Waals surface area contributed by atoms with E-state index in [4.69, 9.17) is 0 Å². The Labute approximate surface area is 115 Å². The minimum absolute atomic E-state index is 0.0744. The zero-order valence-electron chi connectivity index (χ0n) is 11.2. The third-order valence-corrected chi connectivity index (χ3v) is 2.89. The molecule has 0 spiro atoms. The van der Waals surface area contributed by atoms with E-state index >= 15 is 0 Å². The Balaban J connectivity index is 2.23. The van der Waals surface area contributed by atoms with Crippen LogP contribution < -0.4 is 10.9 Å². The van der Waals surface area contributed by atoms with Crippen molar-refractivity contribution in [1.82, 2.24) is 4.57 Å². The molecule has 1 heterocycles. The SMILES string of the molecule is CC(=O)c1cccc(NC(=O)c2ccn(C)c(=O)c2)c1. The Morgan fingerprint density at radius 3 is 2.50 bits per heavy atom. The van der Waals surface area contributed by atoms with Crippen molar-refractivity contribution in [2.24, 2.45) is 7.05 Å². The van der Waals surface area contributed by atoms with Crippen LogP contribution in [0.4, 0.5) is 5.69 Å². The lowest BCUT2D eigenvalue weighted by molar-refractivity contribution is 0.101. The van der Waals surface area contributed by atoms with Gasteiger partial charge in [0.1, 0.15) is 0 Å². The molecular formula is C15H14N2O3. The third kappa shape index (κ3) is 3.00. The maximum Gasteiger partial charge on any atom is 0.255 e. The van der Waals surface area contributed by atoms with Crippen LogP contribution in [-0.4, -0.2) is 16.3 Å². The highest BCUT2D eigenvalue weighted by atomic mass is 16.2. The first-order valence-electron chi connectivity index (χ1n) is 6.06. The first-order chi connectivity index (χ1) is 9.47. The van der Waals surface area contributed by atoms with Gasteiger partial charge in [-0.3, -0.25) is 14.4 Å². The molecule has 0 radical (unpaired) electrons. The lowest BCUT2D eigenvalue weighted by atomic mass is 10.1. The van der Waals surface area contributed by atoms with Gasteiger partial charge in [0.2, 0.25) is 0 Å². The molecule has 0 fully saturated rings. The van der Waals surface area contributed by atoms with Crippen LogP contribution in [0.15, 0.2) is 47.4 Å². The Morgan fingerprint density at radius 1 is 1.10 bits per heavy atom. The Bertz CT molecular complexity index is 732. The third-order valence-electron chi connectivity index (χ3n) is 2.89. The van der Waals surface area contributed by atoms with Crippen LogP contribution >= 0.6 is 0 Å². The van der Waals surface area contributed by atoms with Gasteiger partial charge in [-0.1, -0.05) is 12.1 Å². The van der Waals surface area contributed by atoms with Gasteiger partial charge < -0.3 is 9.88 Å². The summed E-state index contributed by atoms with van der Waals surface area (Å²) in [5.74, 6) is -0.460. The number of pyridine rings is 1. The van der Waals surface area contributed by atoms with E-state index in [9.17, 15) is 14.4 Å². The molecule has 1 amide bonds. The molecular weight excluding hydrogens is 256 g/mol. The molecule has 0 aliphatic carbocycles. The zero-order valence-corrected chi connectivity index (χ0v) is 11.2. The van der Waals surface area contributed by atoms with Gasteiger partial charge in [-0.2, -0.15) is 0 Å². The molecule has 1 aromatic heterocycles. The van der Waals surface area contributed by atoms with E-state index in [1.807, 2.05) is 0 Å². The maximum absolute atomic E-state index is 12.0. The molecule has 5 nitrogen and oxygen atoms in total. The number of carbonyl (C=O) groups excluding carboxylic acids is 2. The lowest BCUT2D eigenvalue weighted by Gasteiger charge is -2.06. The largest absolute Gasteiger partial charge is 0.322 e. The van der Waals surface area contributed by atoms with Gasteiger partial charge in [0.15, 0.2) is 5.78 Å². The van der Waals surface area contributed by atoms with Crippen molar-refractivity contribution in [3.05, 3.63) is 64.1 Å². The molecule has 0 unspecified atom stereocenters. The second kappa shape index (κ2) is 5.52. The first kappa shape index (κ1) is 13.7. The lowest BCUT2D eigenvalue weighted by Crippen LogP contribution is -2.20. The van der Waals surface area contributed by atoms with Crippen LogP contribution in [0.5, 0.6) is 0 Å². The summed E-state index contributed by atoms with van der Waals surface area (Å²) in [5, 5.41) is 2.66. The maximum atomic E-state index is 12.0. The van der Waals surface area contributed by atoms with Gasteiger partial charge in [0.25, 0.3) is 11.5 Å². The molecule has 0 aliphatic rings. The molecule has 0 bridgehead atoms. The van der Waals surface area contributed by atoms with E-state index < -0.39 is 0 Å². The van der Waals surface area contributed by atoms with Gasteiger partial charge in [-0.05, 0) is 25.1 Å². The summed E-state index contributed by atoms with van der Waals surface area (Å²) in [6.07, 6.45) is 1.53. The van der Waals surface area contributed by atoms with Crippen LogP contribution in [0.1, 0.15) is 27.6 Å². The topological polar surface area (TPSA) is 68.2 Å². The number of Topliss-reactive ketones (excluding diaryl/α,β-unsaturated/α-hetero) is 1. The van der Waals surface area contributed by atoms with Gasteiger partial charge in [-0.15, -0.1) is 0 Å². The molecule has 102 valence electrons. The predicted molar refractivity (Wildman–Crippen MR) is 76.1 cm³/mol. The fourth-order valence-corrected chi connectivity index (χ4v) is 1.71. The molecule has 1 aromatic carbocycles. The van der Waals surface area contributed by atoms with Crippen molar-refractivity contribution >= 4 is 17.4 Å². The summed E-state index contributed by atoms with van der Waals surface area (Å²) in [6.45, 7) is 1.46. The molecule has 0 atom stereocenters. The second-order valence-electron chi connectivity index (χ2n) is 4.46. The van der Waals surface area contributed by atoms with E-state index in [1.54, 1.807) is 37.4 Å². The Kier molecular flexibility index (Phi) is 3.79.